The van der Waals surface area contributed by atoms with Gasteiger partial charge in [-0.05, 0) is 91.1 Å². The minimum atomic E-state index is 0. The Bertz CT molecular complexity index is 1820. The minimum absolute atomic E-state index is 0. The van der Waals surface area contributed by atoms with Gasteiger partial charge in [-0.3, -0.25) is 4.79 Å². The van der Waals surface area contributed by atoms with Gasteiger partial charge in [-0.2, -0.15) is 0 Å². The van der Waals surface area contributed by atoms with Crippen LogP contribution >= 0.6 is 0 Å². The monoisotopic (exact) mass is 811 g/mol. The normalized spacial score (nSPS) is 12.0. The summed E-state index contributed by atoms with van der Waals surface area (Å²) in [7, 11) is 0. The topological polar surface area (TPSA) is 63.3 Å². The number of furan rings is 1. The molecule has 0 unspecified atom stereocenters. The Hall–Kier alpha value is -3.27. The van der Waals surface area contributed by atoms with E-state index in [0.29, 0.717) is 11.8 Å². The molecule has 0 fully saturated rings. The molecule has 4 nitrogen and oxygen atoms in total. The number of aryl methyl sites for hydroxylation is 1. The predicted molar refractivity (Wildman–Crippen MR) is 195 cm³/mol. The molecular weight excluding hydrogens is 759 g/mol. The van der Waals surface area contributed by atoms with Crippen LogP contribution < -0.4 is 0 Å². The molecule has 0 saturated carbocycles. The number of benzene rings is 3. The Labute approximate surface area is 295 Å². The van der Waals surface area contributed by atoms with Crippen LogP contribution in [-0.4, -0.2) is 15.9 Å². The van der Waals surface area contributed by atoms with Crippen molar-refractivity contribution >= 4 is 38.5 Å². The van der Waals surface area contributed by atoms with Gasteiger partial charge in [0.05, 0.1) is 11.3 Å². The van der Waals surface area contributed by atoms with E-state index in [2.05, 4.69) is 89.2 Å². The van der Waals surface area contributed by atoms with Crippen LogP contribution in [-0.2, 0) is 31.3 Å². The van der Waals surface area contributed by atoms with Crippen molar-refractivity contribution in [2.45, 2.75) is 100 Å². The van der Waals surface area contributed by atoms with Crippen molar-refractivity contribution in [2.24, 2.45) is 17.8 Å². The Morgan fingerprint density at radius 2 is 1.55 bits per heavy atom. The van der Waals surface area contributed by atoms with Gasteiger partial charge >= 0.3 is 0 Å². The molecule has 1 radical (unpaired) electrons. The van der Waals surface area contributed by atoms with Gasteiger partial charge in [0.25, 0.3) is 0 Å². The van der Waals surface area contributed by atoms with Gasteiger partial charge < -0.3 is 14.5 Å². The molecule has 0 atom stereocenters. The number of fused-ring (bicyclic) bond motifs is 4. The average Bonchev–Trinajstić information content (AvgIpc) is 3.39. The molecule has 0 bridgehead atoms. The van der Waals surface area contributed by atoms with E-state index in [4.69, 9.17) is 9.40 Å². The van der Waals surface area contributed by atoms with Crippen molar-refractivity contribution in [2.75, 3.05) is 0 Å². The Morgan fingerprint density at radius 3 is 2.17 bits per heavy atom. The van der Waals surface area contributed by atoms with Crippen LogP contribution in [0.3, 0.4) is 0 Å². The van der Waals surface area contributed by atoms with Crippen molar-refractivity contribution in [3.8, 4) is 11.3 Å². The van der Waals surface area contributed by atoms with E-state index >= 15 is 0 Å². The molecule has 0 amide bonds. The summed E-state index contributed by atoms with van der Waals surface area (Å²) in [6, 6.07) is 21.1. The molecular formula is C42H52IrNO3-. The van der Waals surface area contributed by atoms with Crippen molar-refractivity contribution in [1.29, 1.82) is 0 Å². The molecule has 2 heterocycles. The summed E-state index contributed by atoms with van der Waals surface area (Å²) in [4.78, 5) is 16.5. The number of hydrogen-bond donors (Lipinski definition) is 1. The first kappa shape index (κ1) is 38.2. The Morgan fingerprint density at radius 1 is 0.872 bits per heavy atom. The van der Waals surface area contributed by atoms with Gasteiger partial charge in [0.15, 0.2) is 5.78 Å². The second-order valence-electron chi connectivity index (χ2n) is 13.4. The van der Waals surface area contributed by atoms with Gasteiger partial charge in [-0.15, -0.1) is 17.7 Å². The number of hydrogen-bond acceptors (Lipinski definition) is 4. The fraction of sp³-hybridized carbons (Fsp3) is 0.429. The van der Waals surface area contributed by atoms with Crippen molar-refractivity contribution < 1.29 is 34.4 Å². The van der Waals surface area contributed by atoms with Crippen LogP contribution in [0, 0.1) is 30.7 Å². The van der Waals surface area contributed by atoms with Crippen LogP contribution in [0.1, 0.15) is 104 Å². The third-order valence-corrected chi connectivity index (χ3v) is 9.09. The van der Waals surface area contributed by atoms with Crippen molar-refractivity contribution in [3.05, 3.63) is 89.3 Å². The third-order valence-electron chi connectivity index (χ3n) is 9.09. The maximum atomic E-state index is 11.7. The molecule has 5 rings (SSSR count). The van der Waals surface area contributed by atoms with Crippen LogP contribution in [0.2, 0.25) is 0 Å². The molecule has 0 aliphatic rings. The number of rotatable bonds is 11. The number of pyridine rings is 1. The van der Waals surface area contributed by atoms with Crippen molar-refractivity contribution in [3.63, 3.8) is 0 Å². The zero-order valence-electron chi connectivity index (χ0n) is 29.7. The second kappa shape index (κ2) is 17.2. The Kier molecular flexibility index (Phi) is 14.0. The second-order valence-corrected chi connectivity index (χ2v) is 13.4. The average molecular weight is 811 g/mol. The van der Waals surface area contributed by atoms with E-state index < -0.39 is 0 Å². The number of allylic oxidation sites excluding steroid dienone is 2. The zero-order valence-corrected chi connectivity index (χ0v) is 32.1. The van der Waals surface area contributed by atoms with Crippen molar-refractivity contribution in [1.82, 2.24) is 4.98 Å². The summed E-state index contributed by atoms with van der Waals surface area (Å²) in [5, 5.41) is 14.4. The number of aromatic nitrogens is 1. The third kappa shape index (κ3) is 9.00. The molecule has 2 aromatic heterocycles. The molecule has 5 heteroatoms. The summed E-state index contributed by atoms with van der Waals surface area (Å²) in [6.07, 6.45) is 7.89. The minimum Gasteiger partial charge on any atom is -0.512 e. The van der Waals surface area contributed by atoms with E-state index in [1.54, 1.807) is 0 Å². The first-order chi connectivity index (χ1) is 22.0. The number of carbonyl (C=O) groups is 1. The molecule has 253 valence electrons. The predicted octanol–water partition coefficient (Wildman–Crippen LogP) is 12.1. The summed E-state index contributed by atoms with van der Waals surface area (Å²) in [5.41, 5.74) is 7.46. The molecule has 3 aromatic carbocycles. The van der Waals surface area contributed by atoms with Crippen LogP contribution in [0.5, 0.6) is 0 Å². The summed E-state index contributed by atoms with van der Waals surface area (Å²) < 4.78 is 6.38. The van der Waals surface area contributed by atoms with E-state index in [0.717, 1.165) is 70.7 Å². The first-order valence-corrected chi connectivity index (χ1v) is 17.2. The standard InChI is InChI=1S/C29H28NO.C13H24O2.Ir/c1-17(2)12-20-7-8-23-21(14-20)10-11-30-28(23)26-16-22(18(3)4)15-25-24-13-19(5)6-9-27(24)31-29(25)26;1-5-10(6-2)12(14)9-13(15)11(7-3)8-4;/h6-11,13-15,17-18H,12H2,1-5H3;9-11,14H,5-8H2,1-4H3;/q-1;;/b;12-9-;. The number of ketones is 1. The fourth-order valence-corrected chi connectivity index (χ4v) is 6.23. The Balaban J connectivity index is 0.000000322. The van der Waals surface area contributed by atoms with Gasteiger partial charge in [-0.25, -0.2) is 0 Å². The summed E-state index contributed by atoms with van der Waals surface area (Å²) in [6.45, 7) is 19.1. The van der Waals surface area contributed by atoms with Crippen LogP contribution in [0.15, 0.2) is 71.0 Å². The maximum absolute atomic E-state index is 11.7. The number of nitrogens with zero attached hydrogens (tertiary/aromatic N) is 1. The van der Waals surface area contributed by atoms with Gasteiger partial charge in [-0.1, -0.05) is 96.2 Å². The quantitative estimate of drug-likeness (QED) is 0.0820. The van der Waals surface area contributed by atoms with Gasteiger partial charge in [0.2, 0.25) is 0 Å². The summed E-state index contributed by atoms with van der Waals surface area (Å²) in [5.74, 6) is 1.55. The molecule has 0 aliphatic carbocycles. The van der Waals surface area contributed by atoms with E-state index in [1.165, 1.54) is 28.2 Å². The first-order valence-electron chi connectivity index (χ1n) is 17.2. The van der Waals surface area contributed by atoms with Gasteiger partial charge in [0.1, 0.15) is 5.58 Å². The number of aliphatic hydroxyl groups excluding tert-OH is 1. The SMILES string of the molecule is CCC(CC)C(=O)/C=C(\O)C(CC)CC.Cc1ccc2oc3c(-c4nccc5cc(CC(C)C)ccc45)[c-]c(C(C)C)cc3c2c1.[Ir]. The van der Waals surface area contributed by atoms with Crippen LogP contribution in [0.25, 0.3) is 44.0 Å². The largest absolute Gasteiger partial charge is 0.512 e. The van der Waals surface area contributed by atoms with E-state index in [1.807, 2.05) is 33.9 Å². The van der Waals surface area contributed by atoms with E-state index in [9.17, 15) is 9.90 Å². The molecule has 0 saturated heterocycles. The number of aliphatic hydroxyl groups is 1. The van der Waals surface area contributed by atoms with Gasteiger partial charge in [0, 0.05) is 49.6 Å². The molecule has 0 spiro atoms. The molecule has 47 heavy (non-hydrogen) atoms. The molecule has 5 aromatic rings. The maximum Gasteiger partial charge on any atom is 0.162 e. The number of carbonyl (C=O) groups excluding carboxylic acids is 1. The van der Waals surface area contributed by atoms with E-state index in [-0.39, 0.29) is 43.5 Å². The molecule has 1 N–H and O–H groups in total. The zero-order chi connectivity index (χ0) is 33.5. The summed E-state index contributed by atoms with van der Waals surface area (Å²) >= 11 is 0. The van der Waals surface area contributed by atoms with Crippen LogP contribution in [0.4, 0.5) is 0 Å². The smallest absolute Gasteiger partial charge is 0.162 e. The fourth-order valence-electron chi connectivity index (χ4n) is 6.23. The molecule has 0 aliphatic heterocycles.